The number of imidazole rings is 1. The first kappa shape index (κ1) is 24.0. The van der Waals surface area contributed by atoms with E-state index in [1.54, 1.807) is 23.2 Å². The number of benzene rings is 1. The van der Waals surface area contributed by atoms with Gasteiger partial charge in [-0.1, -0.05) is 50.1 Å². The molecule has 0 radical (unpaired) electrons. The highest BCUT2D eigenvalue weighted by atomic mass is 32.2. The molecule has 3 aromatic heterocycles. The van der Waals surface area contributed by atoms with Crippen molar-refractivity contribution in [2.24, 2.45) is 14.1 Å². The van der Waals surface area contributed by atoms with E-state index >= 15 is 0 Å². The number of aromatic nitrogens is 6. The van der Waals surface area contributed by atoms with E-state index in [-0.39, 0.29) is 23.4 Å². The first-order chi connectivity index (χ1) is 16.4. The van der Waals surface area contributed by atoms with Crippen LogP contribution in [0.15, 0.2) is 50.1 Å². The maximum absolute atomic E-state index is 13.1. The van der Waals surface area contributed by atoms with E-state index in [1.807, 2.05) is 24.3 Å². The van der Waals surface area contributed by atoms with Gasteiger partial charge < -0.3 is 4.57 Å². The number of nitrogens with zero attached hydrogens (tertiary/aromatic N) is 6. The summed E-state index contributed by atoms with van der Waals surface area (Å²) in [5.74, 6) is 0.624. The minimum Gasteiger partial charge on any atom is -0.328 e. The molecule has 1 aromatic carbocycles. The molecule has 4 rings (SSSR count). The molecular formula is C24H30N6O3S. The van der Waals surface area contributed by atoms with E-state index in [4.69, 9.17) is 4.98 Å². The number of hydrogen-bond donors (Lipinski definition) is 0. The summed E-state index contributed by atoms with van der Waals surface area (Å²) in [5, 5.41) is 1.31. The summed E-state index contributed by atoms with van der Waals surface area (Å²) in [4.78, 5) is 47.6. The largest absolute Gasteiger partial charge is 0.332 e. The quantitative estimate of drug-likeness (QED) is 0.196. The van der Waals surface area contributed by atoms with Gasteiger partial charge in [0, 0.05) is 32.9 Å². The molecular weight excluding hydrogens is 452 g/mol. The van der Waals surface area contributed by atoms with Crippen molar-refractivity contribution in [3.8, 4) is 0 Å². The SMILES string of the molecule is CCCCCCn1c(SCCCn2c(=O)c3c(ncn3C)n(C)c2=O)nc2ccccc2c1=O. The third-order valence-electron chi connectivity index (χ3n) is 6.02. The minimum absolute atomic E-state index is 0.0173. The van der Waals surface area contributed by atoms with Crippen molar-refractivity contribution in [3.63, 3.8) is 0 Å². The van der Waals surface area contributed by atoms with Crippen LogP contribution >= 0.6 is 11.8 Å². The van der Waals surface area contributed by atoms with E-state index < -0.39 is 0 Å². The molecule has 0 bridgehead atoms. The molecule has 34 heavy (non-hydrogen) atoms. The average Bonchev–Trinajstić information content (AvgIpc) is 3.23. The summed E-state index contributed by atoms with van der Waals surface area (Å²) in [7, 11) is 3.37. The van der Waals surface area contributed by atoms with E-state index in [2.05, 4.69) is 11.9 Å². The normalized spacial score (nSPS) is 11.6. The molecule has 0 atom stereocenters. The van der Waals surface area contributed by atoms with Gasteiger partial charge in [0.2, 0.25) is 0 Å². The molecule has 0 fully saturated rings. The Morgan fingerprint density at radius 3 is 2.47 bits per heavy atom. The lowest BCUT2D eigenvalue weighted by Crippen LogP contribution is -2.39. The minimum atomic E-state index is -0.377. The van der Waals surface area contributed by atoms with Crippen molar-refractivity contribution in [3.05, 3.63) is 61.8 Å². The Morgan fingerprint density at radius 1 is 0.912 bits per heavy atom. The highest BCUT2D eigenvalue weighted by molar-refractivity contribution is 7.99. The highest BCUT2D eigenvalue weighted by Crippen LogP contribution is 2.19. The van der Waals surface area contributed by atoms with Crippen LogP contribution in [0.1, 0.15) is 39.0 Å². The van der Waals surface area contributed by atoms with Crippen LogP contribution in [0.2, 0.25) is 0 Å². The van der Waals surface area contributed by atoms with Gasteiger partial charge in [-0.2, -0.15) is 0 Å². The standard InChI is InChI=1S/C24H30N6O3S/c1-4-5-6-9-13-29-21(31)17-11-7-8-12-18(17)26-23(29)34-15-10-14-30-22(32)19-20(25-16-27(19)2)28(3)24(30)33/h7-8,11-12,16H,4-6,9-10,13-15H2,1-3H3. The molecule has 0 aliphatic heterocycles. The summed E-state index contributed by atoms with van der Waals surface area (Å²) in [6.07, 6.45) is 6.40. The van der Waals surface area contributed by atoms with Gasteiger partial charge in [0.1, 0.15) is 0 Å². The summed E-state index contributed by atoms with van der Waals surface area (Å²) in [6, 6.07) is 7.41. The molecule has 0 unspecified atom stereocenters. The molecule has 0 amide bonds. The topological polar surface area (TPSA) is 96.7 Å². The van der Waals surface area contributed by atoms with Gasteiger partial charge in [-0.3, -0.25) is 23.3 Å². The van der Waals surface area contributed by atoms with Crippen LogP contribution in [0, 0.1) is 0 Å². The van der Waals surface area contributed by atoms with Gasteiger partial charge >= 0.3 is 5.69 Å². The van der Waals surface area contributed by atoms with Gasteiger partial charge in [0.05, 0.1) is 17.2 Å². The van der Waals surface area contributed by atoms with Gasteiger partial charge in [-0.15, -0.1) is 0 Å². The Morgan fingerprint density at radius 2 is 1.68 bits per heavy atom. The van der Waals surface area contributed by atoms with Gasteiger partial charge in [0.25, 0.3) is 11.1 Å². The Balaban J connectivity index is 1.54. The number of hydrogen-bond acceptors (Lipinski definition) is 6. The number of rotatable bonds is 10. The van der Waals surface area contributed by atoms with Gasteiger partial charge in [-0.25, -0.2) is 14.8 Å². The van der Waals surface area contributed by atoms with Crippen molar-refractivity contribution in [2.75, 3.05) is 5.75 Å². The Hall–Kier alpha value is -3.14. The average molecular weight is 483 g/mol. The first-order valence-electron chi connectivity index (χ1n) is 11.7. The molecule has 0 aliphatic rings. The summed E-state index contributed by atoms with van der Waals surface area (Å²) >= 11 is 1.49. The van der Waals surface area contributed by atoms with Gasteiger partial charge in [-0.05, 0) is 25.0 Å². The fourth-order valence-corrected chi connectivity index (χ4v) is 5.08. The summed E-state index contributed by atoms with van der Waals surface area (Å²) < 4.78 is 6.08. The maximum atomic E-state index is 13.1. The van der Waals surface area contributed by atoms with Crippen LogP contribution in [0.5, 0.6) is 0 Å². The Labute approximate surface area is 201 Å². The lowest BCUT2D eigenvalue weighted by molar-refractivity contribution is 0.531. The lowest BCUT2D eigenvalue weighted by atomic mass is 10.2. The fourth-order valence-electron chi connectivity index (χ4n) is 4.13. The molecule has 0 saturated heterocycles. The first-order valence-corrected chi connectivity index (χ1v) is 12.7. The monoisotopic (exact) mass is 482 g/mol. The van der Waals surface area contributed by atoms with Crippen LogP contribution in [-0.4, -0.2) is 34.0 Å². The molecule has 3 heterocycles. The van der Waals surface area contributed by atoms with E-state index in [0.717, 1.165) is 25.7 Å². The third kappa shape index (κ3) is 4.59. The molecule has 10 heteroatoms. The van der Waals surface area contributed by atoms with E-state index in [0.29, 0.717) is 45.9 Å². The van der Waals surface area contributed by atoms with Crippen molar-refractivity contribution in [1.29, 1.82) is 0 Å². The number of unbranched alkanes of at least 4 members (excludes halogenated alkanes) is 3. The smallest absolute Gasteiger partial charge is 0.328 e. The third-order valence-corrected chi connectivity index (χ3v) is 7.08. The molecule has 0 spiro atoms. The van der Waals surface area contributed by atoms with Crippen LogP contribution in [-0.2, 0) is 27.2 Å². The van der Waals surface area contributed by atoms with Crippen LogP contribution in [0.4, 0.5) is 0 Å². The Kier molecular flexibility index (Phi) is 7.35. The molecule has 0 N–H and O–H groups in total. The van der Waals surface area contributed by atoms with Crippen molar-refractivity contribution >= 4 is 33.8 Å². The number of fused-ring (bicyclic) bond motifs is 2. The summed E-state index contributed by atoms with van der Waals surface area (Å²) in [5.41, 5.74) is 0.753. The molecule has 0 saturated carbocycles. The second-order valence-electron chi connectivity index (χ2n) is 8.46. The molecule has 0 aliphatic carbocycles. The van der Waals surface area contributed by atoms with E-state index in [9.17, 15) is 14.4 Å². The fraction of sp³-hybridized carbons (Fsp3) is 0.458. The second-order valence-corrected chi connectivity index (χ2v) is 9.52. The number of aryl methyl sites for hydroxylation is 2. The predicted octanol–water partition coefficient (Wildman–Crippen LogP) is 2.91. The van der Waals surface area contributed by atoms with Crippen LogP contribution in [0.3, 0.4) is 0 Å². The van der Waals surface area contributed by atoms with Crippen molar-refractivity contribution in [1.82, 2.24) is 28.2 Å². The van der Waals surface area contributed by atoms with Crippen LogP contribution < -0.4 is 16.8 Å². The molecule has 4 aromatic rings. The summed E-state index contributed by atoms with van der Waals surface area (Å²) in [6.45, 7) is 3.08. The zero-order valence-corrected chi connectivity index (χ0v) is 20.7. The highest BCUT2D eigenvalue weighted by Gasteiger charge is 2.15. The van der Waals surface area contributed by atoms with Crippen molar-refractivity contribution < 1.29 is 0 Å². The molecule has 180 valence electrons. The Bertz CT molecular complexity index is 1500. The number of thioether (sulfide) groups is 1. The predicted molar refractivity (Wildman–Crippen MR) is 136 cm³/mol. The zero-order chi connectivity index (χ0) is 24.2. The van der Waals surface area contributed by atoms with Crippen LogP contribution in [0.25, 0.3) is 22.1 Å². The van der Waals surface area contributed by atoms with Gasteiger partial charge in [0.15, 0.2) is 16.3 Å². The van der Waals surface area contributed by atoms with Crippen molar-refractivity contribution in [2.45, 2.75) is 57.3 Å². The number of para-hydroxylation sites is 1. The zero-order valence-electron chi connectivity index (χ0n) is 19.9. The molecule has 9 nitrogen and oxygen atoms in total. The maximum Gasteiger partial charge on any atom is 0.332 e. The lowest BCUT2D eigenvalue weighted by Gasteiger charge is -2.13. The van der Waals surface area contributed by atoms with E-state index in [1.165, 1.54) is 27.2 Å². The second kappa shape index (κ2) is 10.4.